The van der Waals surface area contributed by atoms with E-state index in [-0.39, 0.29) is 11.1 Å². The molecule has 0 bridgehead atoms. The van der Waals surface area contributed by atoms with Crippen LogP contribution in [0.5, 0.6) is 5.75 Å². The summed E-state index contributed by atoms with van der Waals surface area (Å²) in [7, 11) is -5.73. The van der Waals surface area contributed by atoms with Gasteiger partial charge in [0.1, 0.15) is 11.2 Å². The molecule has 4 nitrogen and oxygen atoms in total. The van der Waals surface area contributed by atoms with Crippen molar-refractivity contribution in [1.82, 2.24) is 0 Å². The fourth-order valence-corrected chi connectivity index (χ4v) is 3.13. The zero-order valence-corrected chi connectivity index (χ0v) is 12.0. The molecule has 3 aromatic carbocycles. The van der Waals surface area contributed by atoms with Crippen molar-refractivity contribution < 1.29 is 30.2 Å². The van der Waals surface area contributed by atoms with Crippen molar-refractivity contribution in [3.8, 4) is 5.75 Å². The summed E-state index contributed by atoms with van der Waals surface area (Å²) in [5.41, 5.74) is -4.47. The van der Waals surface area contributed by atoms with Gasteiger partial charge in [0.25, 0.3) is 0 Å². The molecule has 1 aromatic heterocycles. The number of hydrogen-bond acceptors (Lipinski definition) is 4. The van der Waals surface area contributed by atoms with Crippen LogP contribution in [-0.2, 0) is 10.1 Å². The Kier molecular flexibility index (Phi) is 2.63. The number of hydrogen-bond donors (Lipinski definition) is 0. The summed E-state index contributed by atoms with van der Waals surface area (Å²) in [6, 6.07) is 11.1. The Labute approximate surface area is 127 Å². The average Bonchev–Trinajstić information content (AvgIpc) is 2.85. The fraction of sp³-hybridized carbons (Fsp3) is 0.0667. The zero-order chi connectivity index (χ0) is 16.4. The molecule has 0 spiro atoms. The Morgan fingerprint density at radius 3 is 2.39 bits per heavy atom. The largest absolute Gasteiger partial charge is 0.534 e. The molecule has 0 saturated carbocycles. The summed E-state index contributed by atoms with van der Waals surface area (Å²) in [4.78, 5) is 0. The predicted octanol–water partition coefficient (Wildman–Crippen LogP) is 4.41. The molecule has 0 radical (unpaired) electrons. The second kappa shape index (κ2) is 4.29. The first kappa shape index (κ1) is 14.1. The summed E-state index contributed by atoms with van der Waals surface area (Å²) in [6.07, 6.45) is 0. The van der Waals surface area contributed by atoms with Gasteiger partial charge in [-0.1, -0.05) is 18.2 Å². The highest BCUT2D eigenvalue weighted by molar-refractivity contribution is 7.88. The summed E-state index contributed by atoms with van der Waals surface area (Å²) in [5.74, 6) is -0.386. The molecule has 8 heteroatoms. The van der Waals surface area contributed by atoms with Gasteiger partial charge in [-0.05, 0) is 29.7 Å². The van der Waals surface area contributed by atoms with Crippen LogP contribution in [0, 0.1) is 0 Å². The molecular formula is C15H7F3O4S. The normalized spacial score (nSPS) is 13.3. The van der Waals surface area contributed by atoms with Crippen molar-refractivity contribution in [1.29, 1.82) is 0 Å². The van der Waals surface area contributed by atoms with Gasteiger partial charge in [-0.2, -0.15) is 21.6 Å². The Balaban J connectivity index is 2.02. The highest BCUT2D eigenvalue weighted by Crippen LogP contribution is 2.41. The highest BCUT2D eigenvalue weighted by Gasteiger charge is 2.48. The van der Waals surface area contributed by atoms with Gasteiger partial charge >= 0.3 is 15.6 Å². The molecule has 23 heavy (non-hydrogen) atoms. The standard InChI is InChI=1S/C15H7F3O4S/c16-15(17,18)23(19,20)22-10-6-7-12-14-9(10)5-4-8-2-1-3-11(21-12)13(8)14/h1-7H. The van der Waals surface area contributed by atoms with E-state index in [2.05, 4.69) is 4.18 Å². The monoisotopic (exact) mass is 340 g/mol. The first-order valence-electron chi connectivity index (χ1n) is 6.45. The third kappa shape index (κ3) is 1.94. The molecule has 4 aromatic rings. The first-order chi connectivity index (χ1) is 10.8. The summed E-state index contributed by atoms with van der Waals surface area (Å²) < 4.78 is 70.0. The van der Waals surface area contributed by atoms with E-state index in [1.165, 1.54) is 12.1 Å². The van der Waals surface area contributed by atoms with Gasteiger partial charge in [0.15, 0.2) is 5.75 Å². The molecule has 1 heterocycles. The lowest BCUT2D eigenvalue weighted by Crippen LogP contribution is -2.28. The number of furan rings is 1. The van der Waals surface area contributed by atoms with Crippen LogP contribution in [0.3, 0.4) is 0 Å². The lowest BCUT2D eigenvalue weighted by molar-refractivity contribution is -0.0499. The highest BCUT2D eigenvalue weighted by atomic mass is 32.2. The van der Waals surface area contributed by atoms with E-state index in [0.29, 0.717) is 16.6 Å². The lowest BCUT2D eigenvalue weighted by Gasteiger charge is -2.11. The predicted molar refractivity (Wildman–Crippen MR) is 78.0 cm³/mol. The maximum Gasteiger partial charge on any atom is 0.534 e. The van der Waals surface area contributed by atoms with Crippen LogP contribution in [0.25, 0.3) is 32.7 Å². The Bertz CT molecular complexity index is 1140. The molecule has 0 amide bonds. The molecule has 0 aliphatic carbocycles. The van der Waals surface area contributed by atoms with Crippen molar-refractivity contribution in [2.45, 2.75) is 5.51 Å². The summed E-state index contributed by atoms with van der Waals surface area (Å²) >= 11 is 0. The average molecular weight is 340 g/mol. The molecule has 4 rings (SSSR count). The molecule has 0 saturated heterocycles. The van der Waals surface area contributed by atoms with E-state index in [1.54, 1.807) is 18.2 Å². The number of alkyl halides is 3. The van der Waals surface area contributed by atoms with Gasteiger partial charge in [0, 0.05) is 16.2 Å². The maximum absolute atomic E-state index is 12.5. The van der Waals surface area contributed by atoms with E-state index >= 15 is 0 Å². The minimum Gasteiger partial charge on any atom is -0.456 e. The Morgan fingerprint density at radius 2 is 1.65 bits per heavy atom. The van der Waals surface area contributed by atoms with Crippen molar-refractivity contribution in [2.24, 2.45) is 0 Å². The van der Waals surface area contributed by atoms with Crippen LogP contribution in [-0.4, -0.2) is 13.9 Å². The van der Waals surface area contributed by atoms with Gasteiger partial charge in [-0.15, -0.1) is 0 Å². The molecule has 0 aliphatic rings. The van der Waals surface area contributed by atoms with Gasteiger partial charge in [0.2, 0.25) is 0 Å². The smallest absolute Gasteiger partial charge is 0.456 e. The van der Waals surface area contributed by atoms with E-state index in [0.717, 1.165) is 16.8 Å². The van der Waals surface area contributed by atoms with Gasteiger partial charge < -0.3 is 8.60 Å². The SMILES string of the molecule is O=S(=O)(Oc1ccc2oc3cccc4ccc1c2c43)C(F)(F)F. The van der Waals surface area contributed by atoms with Crippen molar-refractivity contribution >= 4 is 42.8 Å². The molecule has 118 valence electrons. The van der Waals surface area contributed by atoms with Gasteiger partial charge in [-0.3, -0.25) is 0 Å². The number of rotatable bonds is 2. The van der Waals surface area contributed by atoms with Crippen LogP contribution in [0.1, 0.15) is 0 Å². The summed E-state index contributed by atoms with van der Waals surface area (Å²) in [6.45, 7) is 0. The van der Waals surface area contributed by atoms with E-state index in [9.17, 15) is 21.6 Å². The quantitative estimate of drug-likeness (QED) is 0.308. The fourth-order valence-electron chi connectivity index (χ4n) is 2.66. The number of benzene rings is 3. The van der Waals surface area contributed by atoms with Crippen LogP contribution in [0.2, 0.25) is 0 Å². The Morgan fingerprint density at radius 1 is 0.913 bits per heavy atom. The molecule has 0 N–H and O–H groups in total. The molecular weight excluding hydrogens is 333 g/mol. The van der Waals surface area contributed by atoms with Crippen LogP contribution >= 0.6 is 0 Å². The first-order valence-corrected chi connectivity index (χ1v) is 7.86. The molecule has 0 fully saturated rings. The molecule has 0 unspecified atom stereocenters. The van der Waals surface area contributed by atoms with Crippen LogP contribution in [0.15, 0.2) is 46.9 Å². The van der Waals surface area contributed by atoms with Gasteiger partial charge in [-0.25, -0.2) is 0 Å². The second-order valence-corrected chi connectivity index (χ2v) is 6.53. The van der Waals surface area contributed by atoms with Crippen LogP contribution in [0.4, 0.5) is 13.2 Å². The number of halogens is 3. The summed E-state index contributed by atoms with van der Waals surface area (Å²) in [5, 5.41) is 2.33. The minimum atomic E-state index is -5.73. The van der Waals surface area contributed by atoms with E-state index < -0.39 is 15.6 Å². The lowest BCUT2D eigenvalue weighted by atomic mass is 10.0. The molecule has 0 aliphatic heterocycles. The zero-order valence-electron chi connectivity index (χ0n) is 11.2. The van der Waals surface area contributed by atoms with Crippen LogP contribution < -0.4 is 4.18 Å². The topological polar surface area (TPSA) is 56.5 Å². The molecule has 0 atom stereocenters. The third-order valence-corrected chi connectivity index (χ3v) is 4.57. The maximum atomic E-state index is 12.5. The van der Waals surface area contributed by atoms with E-state index in [4.69, 9.17) is 4.42 Å². The van der Waals surface area contributed by atoms with Crippen molar-refractivity contribution in [3.63, 3.8) is 0 Å². The van der Waals surface area contributed by atoms with Gasteiger partial charge in [0.05, 0.1) is 0 Å². The minimum absolute atomic E-state index is 0.243. The second-order valence-electron chi connectivity index (χ2n) is 4.99. The van der Waals surface area contributed by atoms with E-state index in [1.807, 2.05) is 6.07 Å². The third-order valence-electron chi connectivity index (χ3n) is 3.61. The van der Waals surface area contributed by atoms with Crippen molar-refractivity contribution in [2.75, 3.05) is 0 Å². The van der Waals surface area contributed by atoms with Crippen molar-refractivity contribution in [3.05, 3.63) is 42.5 Å². The Hall–Kier alpha value is -2.48.